The number of aromatic nitrogens is 1. The van der Waals surface area contributed by atoms with E-state index < -0.39 is 0 Å². The first-order chi connectivity index (χ1) is 14.1. The molecular formula is C20H30N4O3S2. The number of aliphatic hydroxyl groups is 1. The number of ether oxygens (including phenoxy) is 1. The molecule has 3 aliphatic rings. The lowest BCUT2D eigenvalue weighted by atomic mass is 9.96. The summed E-state index contributed by atoms with van der Waals surface area (Å²) in [7, 11) is 0. The number of aliphatic hydroxyl groups excluding tert-OH is 1. The first-order valence-electron chi connectivity index (χ1n) is 10.3. The third-order valence-corrected chi connectivity index (χ3v) is 6.73. The van der Waals surface area contributed by atoms with Gasteiger partial charge in [0.05, 0.1) is 24.8 Å². The molecule has 7 nitrogen and oxygen atoms in total. The average Bonchev–Trinajstić information content (AvgIpc) is 3.34. The Hall–Kier alpha value is -1.42. The number of carbonyl (C=O) groups excluding carboxylic acids is 1. The number of hydrogen-bond acceptors (Lipinski definition) is 9. The number of esters is 1. The van der Waals surface area contributed by atoms with Gasteiger partial charge in [-0.1, -0.05) is 32.2 Å². The largest absolute Gasteiger partial charge is 0.463 e. The summed E-state index contributed by atoms with van der Waals surface area (Å²) < 4.78 is 8.75. The SMILES string of the molecule is CCC.CCOC(=O)C1=C2CC(NSC3CC(O)C3)CN2C(c2nccs2)=NC1. The van der Waals surface area contributed by atoms with Crippen LogP contribution in [0.5, 0.6) is 0 Å². The number of aliphatic imine (C=N–C) groups is 1. The van der Waals surface area contributed by atoms with Crippen LogP contribution >= 0.6 is 23.3 Å². The lowest BCUT2D eigenvalue weighted by molar-refractivity contribution is -0.138. The molecule has 0 amide bonds. The predicted molar refractivity (Wildman–Crippen MR) is 118 cm³/mol. The molecule has 2 N–H and O–H groups in total. The summed E-state index contributed by atoms with van der Waals surface area (Å²) in [6.45, 7) is 7.52. The van der Waals surface area contributed by atoms with E-state index in [2.05, 4.69) is 33.4 Å². The molecule has 0 radical (unpaired) electrons. The second-order valence-corrected chi connectivity index (χ2v) is 9.36. The topological polar surface area (TPSA) is 87.0 Å². The van der Waals surface area contributed by atoms with Crippen LogP contribution in [0.1, 0.15) is 51.5 Å². The fourth-order valence-corrected chi connectivity index (χ4v) is 5.22. The molecule has 1 aromatic heterocycles. The van der Waals surface area contributed by atoms with Crippen LogP contribution in [0.25, 0.3) is 0 Å². The number of nitrogens with zero attached hydrogens (tertiary/aromatic N) is 3. The summed E-state index contributed by atoms with van der Waals surface area (Å²) in [5, 5.41) is 12.7. The molecule has 1 saturated carbocycles. The van der Waals surface area contributed by atoms with Crippen molar-refractivity contribution in [3.63, 3.8) is 0 Å². The zero-order chi connectivity index (χ0) is 20.8. The van der Waals surface area contributed by atoms with Gasteiger partial charge in [-0.2, -0.15) is 0 Å². The molecule has 1 atom stereocenters. The number of hydrogen-bond donors (Lipinski definition) is 2. The fourth-order valence-electron chi connectivity index (χ4n) is 3.39. The Balaban J connectivity index is 0.000000755. The molecule has 2 aliphatic heterocycles. The summed E-state index contributed by atoms with van der Waals surface area (Å²) in [4.78, 5) is 23.5. The van der Waals surface area contributed by atoms with Crippen LogP contribution < -0.4 is 4.72 Å². The minimum atomic E-state index is -0.273. The van der Waals surface area contributed by atoms with Crippen LogP contribution in [-0.2, 0) is 9.53 Å². The van der Waals surface area contributed by atoms with Crippen molar-refractivity contribution in [2.24, 2.45) is 4.99 Å². The van der Waals surface area contributed by atoms with Crippen LogP contribution in [0.3, 0.4) is 0 Å². The van der Waals surface area contributed by atoms with E-state index in [-0.39, 0.29) is 18.1 Å². The third kappa shape index (κ3) is 5.39. The predicted octanol–water partition coefficient (Wildman–Crippen LogP) is 2.97. The Morgan fingerprint density at radius 1 is 1.41 bits per heavy atom. The smallest absolute Gasteiger partial charge is 0.337 e. The Morgan fingerprint density at radius 3 is 2.79 bits per heavy atom. The Bertz CT molecular complexity index is 745. The van der Waals surface area contributed by atoms with E-state index in [0.29, 0.717) is 24.0 Å². The van der Waals surface area contributed by atoms with Crippen LogP contribution in [0.15, 0.2) is 27.8 Å². The van der Waals surface area contributed by atoms with E-state index >= 15 is 0 Å². The maximum absolute atomic E-state index is 12.4. The molecule has 1 aliphatic carbocycles. The second kappa shape index (κ2) is 10.6. The van der Waals surface area contributed by atoms with Gasteiger partial charge in [0.25, 0.3) is 0 Å². The molecule has 0 aromatic carbocycles. The Morgan fingerprint density at radius 2 is 2.17 bits per heavy atom. The van der Waals surface area contributed by atoms with Crippen molar-refractivity contribution in [2.45, 2.75) is 63.9 Å². The third-order valence-electron chi connectivity index (χ3n) is 4.78. The van der Waals surface area contributed by atoms with Crippen molar-refractivity contribution in [1.29, 1.82) is 0 Å². The summed E-state index contributed by atoms with van der Waals surface area (Å²) in [5.41, 5.74) is 1.65. The molecule has 1 saturated heterocycles. The van der Waals surface area contributed by atoms with E-state index in [4.69, 9.17) is 4.74 Å². The second-order valence-electron chi connectivity index (χ2n) is 7.32. The molecule has 1 unspecified atom stereocenters. The van der Waals surface area contributed by atoms with Gasteiger partial charge in [0.1, 0.15) is 0 Å². The summed E-state index contributed by atoms with van der Waals surface area (Å²) in [6.07, 6.45) is 5.33. The van der Waals surface area contributed by atoms with E-state index in [0.717, 1.165) is 42.3 Å². The molecular weight excluding hydrogens is 408 g/mol. The van der Waals surface area contributed by atoms with Crippen molar-refractivity contribution in [3.8, 4) is 0 Å². The van der Waals surface area contributed by atoms with Gasteiger partial charge in [0.2, 0.25) is 0 Å². The molecule has 160 valence electrons. The van der Waals surface area contributed by atoms with Crippen LogP contribution in [0, 0.1) is 0 Å². The fraction of sp³-hybridized carbons (Fsp3) is 0.650. The van der Waals surface area contributed by atoms with Crippen molar-refractivity contribution >= 4 is 35.1 Å². The van der Waals surface area contributed by atoms with E-state index in [1.54, 1.807) is 29.5 Å². The minimum absolute atomic E-state index is 0.147. The standard InChI is InChI=1S/C17H22N4O3S2.C3H8/c1-2-24-17(23)13-8-19-15(16-18-3-4-25-16)21-9-10(5-14(13)21)20-26-12-6-11(22)7-12;1-3-2/h3-4,10-12,20,22H,2,5-9H2,1H3;3H2,1-2H3. The molecule has 4 rings (SSSR count). The van der Waals surface area contributed by atoms with Crippen molar-refractivity contribution in [3.05, 3.63) is 27.9 Å². The van der Waals surface area contributed by atoms with Crippen LogP contribution in [0.4, 0.5) is 0 Å². The lowest BCUT2D eigenvalue weighted by Gasteiger charge is -2.31. The number of nitrogens with one attached hydrogen (secondary N) is 1. The van der Waals surface area contributed by atoms with E-state index in [9.17, 15) is 9.90 Å². The number of carbonyl (C=O) groups is 1. The van der Waals surface area contributed by atoms with Crippen LogP contribution in [0.2, 0.25) is 0 Å². The van der Waals surface area contributed by atoms with Gasteiger partial charge in [0, 0.05) is 41.5 Å². The average molecular weight is 439 g/mol. The van der Waals surface area contributed by atoms with Gasteiger partial charge < -0.3 is 14.7 Å². The van der Waals surface area contributed by atoms with Gasteiger partial charge in [-0.25, -0.2) is 9.78 Å². The van der Waals surface area contributed by atoms with Crippen molar-refractivity contribution < 1.29 is 14.6 Å². The number of rotatable bonds is 6. The first-order valence-corrected chi connectivity index (χ1v) is 12.0. The van der Waals surface area contributed by atoms with E-state index in [1.807, 2.05) is 12.3 Å². The Labute approximate surface area is 180 Å². The zero-order valence-corrected chi connectivity index (χ0v) is 18.9. The number of amidine groups is 1. The van der Waals surface area contributed by atoms with Gasteiger partial charge in [0.15, 0.2) is 10.8 Å². The summed E-state index contributed by atoms with van der Waals surface area (Å²) >= 11 is 3.25. The zero-order valence-electron chi connectivity index (χ0n) is 17.3. The lowest BCUT2D eigenvalue weighted by Crippen LogP contribution is -2.38. The maximum atomic E-state index is 12.4. The first kappa shape index (κ1) is 22.3. The summed E-state index contributed by atoms with van der Waals surface area (Å²) in [5.74, 6) is 0.571. The quantitative estimate of drug-likeness (QED) is 0.521. The van der Waals surface area contributed by atoms with Gasteiger partial charge in [-0.3, -0.25) is 9.71 Å². The maximum Gasteiger partial charge on any atom is 0.337 e. The van der Waals surface area contributed by atoms with E-state index in [1.165, 1.54) is 6.42 Å². The highest BCUT2D eigenvalue weighted by Crippen LogP contribution is 2.35. The summed E-state index contributed by atoms with van der Waals surface area (Å²) in [6, 6.07) is 0.223. The molecule has 9 heteroatoms. The highest BCUT2D eigenvalue weighted by Gasteiger charge is 2.38. The minimum Gasteiger partial charge on any atom is -0.463 e. The van der Waals surface area contributed by atoms with Crippen molar-refractivity contribution in [2.75, 3.05) is 19.7 Å². The number of fused-ring (bicyclic) bond motifs is 1. The highest BCUT2D eigenvalue weighted by atomic mass is 32.2. The normalized spacial score (nSPS) is 25.6. The van der Waals surface area contributed by atoms with Gasteiger partial charge in [-0.05, 0) is 19.8 Å². The molecule has 0 spiro atoms. The Kier molecular flexibility index (Phi) is 8.11. The molecule has 1 aromatic rings. The molecule has 3 heterocycles. The van der Waals surface area contributed by atoms with Gasteiger partial charge in [-0.15, -0.1) is 11.3 Å². The highest BCUT2D eigenvalue weighted by molar-refractivity contribution is 7.98. The van der Waals surface area contributed by atoms with Crippen LogP contribution in [-0.4, -0.2) is 63.9 Å². The van der Waals surface area contributed by atoms with Gasteiger partial charge >= 0.3 is 5.97 Å². The monoisotopic (exact) mass is 438 g/mol. The molecule has 2 fully saturated rings. The van der Waals surface area contributed by atoms with Crippen molar-refractivity contribution in [1.82, 2.24) is 14.6 Å². The molecule has 29 heavy (non-hydrogen) atoms. The number of thiazole rings is 1. The molecule has 0 bridgehead atoms.